The predicted molar refractivity (Wildman–Crippen MR) is 50.8 cm³/mol. The van der Waals surface area contributed by atoms with E-state index in [9.17, 15) is 9.90 Å². The second-order valence-electron chi connectivity index (χ2n) is 3.36. The van der Waals surface area contributed by atoms with Gasteiger partial charge in [-0.1, -0.05) is 12.1 Å². The molecular formula is C11H11NO3. The molecule has 2 aromatic rings. The molecule has 1 heterocycles. The predicted octanol–water partition coefficient (Wildman–Crippen LogP) is 0.169. The Morgan fingerprint density at radius 3 is 2.93 bits per heavy atom. The summed E-state index contributed by atoms with van der Waals surface area (Å²) < 4.78 is 7.32. The fourth-order valence-corrected chi connectivity index (χ4v) is 1.63. The molecule has 0 bridgehead atoms. The average Bonchev–Trinajstić information content (AvgIpc) is 2.50. The maximum absolute atomic E-state index is 10.4. The highest BCUT2D eigenvalue weighted by Gasteiger charge is 2.17. The molecule has 2 rings (SSSR count). The number of aliphatic carboxylic acids is 1. The molecule has 4 nitrogen and oxygen atoms in total. The summed E-state index contributed by atoms with van der Waals surface area (Å²) >= 11 is 0. The molecule has 0 aliphatic heterocycles. The molecule has 0 saturated carbocycles. The zero-order valence-electron chi connectivity index (χ0n) is 8.40. The molecule has 0 aliphatic rings. The van der Waals surface area contributed by atoms with Gasteiger partial charge in [0.05, 0.1) is 6.92 Å². The lowest BCUT2D eigenvalue weighted by Crippen LogP contribution is -2.38. The third kappa shape index (κ3) is 1.83. The van der Waals surface area contributed by atoms with Gasteiger partial charge in [0.15, 0.2) is 6.54 Å². The Hall–Kier alpha value is -1.84. The fourth-order valence-electron chi connectivity index (χ4n) is 1.63. The molecule has 0 amide bonds. The zero-order valence-corrected chi connectivity index (χ0v) is 8.40. The van der Waals surface area contributed by atoms with Gasteiger partial charge in [-0.2, -0.15) is 4.57 Å². The number of oxazole rings is 1. The van der Waals surface area contributed by atoms with Crippen LogP contribution in [0.5, 0.6) is 0 Å². The summed E-state index contributed by atoms with van der Waals surface area (Å²) in [6.07, 6.45) is -0.00493. The monoisotopic (exact) mass is 205 g/mol. The molecule has 0 spiro atoms. The first-order chi connectivity index (χ1) is 7.18. The molecular weight excluding hydrogens is 194 g/mol. The smallest absolute Gasteiger partial charge is 0.344 e. The third-order valence-corrected chi connectivity index (χ3v) is 2.33. The first-order valence-electron chi connectivity index (χ1n) is 4.76. The number of benzene rings is 1. The van der Waals surface area contributed by atoms with Gasteiger partial charge >= 0.3 is 5.89 Å². The number of carbonyl (C=O) groups excluding carboxylic acids is 1. The van der Waals surface area contributed by atoms with Gasteiger partial charge in [-0.05, 0) is 6.07 Å². The lowest BCUT2D eigenvalue weighted by Gasteiger charge is -1.96. The normalized spacial score (nSPS) is 10.7. The van der Waals surface area contributed by atoms with Crippen molar-refractivity contribution in [3.05, 3.63) is 30.2 Å². The lowest BCUT2D eigenvalue weighted by atomic mass is 10.3. The van der Waals surface area contributed by atoms with Crippen LogP contribution in [-0.2, 0) is 11.3 Å². The molecule has 0 N–H and O–H groups in total. The highest BCUT2D eigenvalue weighted by Crippen LogP contribution is 2.12. The number of carboxylic acid groups (broad SMARTS) is 1. The Bertz CT molecular complexity index is 502. The van der Waals surface area contributed by atoms with Crippen LogP contribution >= 0.6 is 0 Å². The number of aromatic nitrogens is 1. The van der Waals surface area contributed by atoms with Crippen LogP contribution in [-0.4, -0.2) is 5.97 Å². The minimum Gasteiger partial charge on any atom is -0.550 e. The number of carbonyl (C=O) groups is 1. The summed E-state index contributed by atoms with van der Waals surface area (Å²) in [7, 11) is 0. The van der Waals surface area contributed by atoms with E-state index in [4.69, 9.17) is 4.42 Å². The van der Waals surface area contributed by atoms with E-state index in [0.717, 1.165) is 11.1 Å². The van der Waals surface area contributed by atoms with Crippen LogP contribution in [0.4, 0.5) is 0 Å². The van der Waals surface area contributed by atoms with E-state index in [-0.39, 0.29) is 6.42 Å². The Morgan fingerprint density at radius 2 is 2.20 bits per heavy atom. The van der Waals surface area contributed by atoms with Crippen molar-refractivity contribution in [3.63, 3.8) is 0 Å². The summed E-state index contributed by atoms with van der Waals surface area (Å²) in [5, 5.41) is 10.4. The van der Waals surface area contributed by atoms with E-state index >= 15 is 0 Å². The van der Waals surface area contributed by atoms with Gasteiger partial charge in [-0.15, -0.1) is 0 Å². The van der Waals surface area contributed by atoms with Crippen LogP contribution in [0.25, 0.3) is 11.1 Å². The Morgan fingerprint density at radius 1 is 1.47 bits per heavy atom. The summed E-state index contributed by atoms with van der Waals surface area (Å²) in [5.41, 5.74) is 1.68. The second-order valence-corrected chi connectivity index (χ2v) is 3.36. The van der Waals surface area contributed by atoms with Gasteiger partial charge in [-0.25, -0.2) is 0 Å². The minimum atomic E-state index is -1.05. The van der Waals surface area contributed by atoms with E-state index in [1.807, 2.05) is 35.8 Å². The van der Waals surface area contributed by atoms with Crippen LogP contribution in [0.1, 0.15) is 12.3 Å². The van der Waals surface area contributed by atoms with Gasteiger partial charge in [0.25, 0.3) is 5.52 Å². The number of hydrogen-bond donors (Lipinski definition) is 0. The second kappa shape index (κ2) is 3.73. The number of nitrogens with zero attached hydrogens (tertiary/aromatic N) is 1. The van der Waals surface area contributed by atoms with Crippen molar-refractivity contribution in [1.82, 2.24) is 0 Å². The molecule has 0 unspecified atom stereocenters. The van der Waals surface area contributed by atoms with E-state index in [0.29, 0.717) is 12.4 Å². The number of carboxylic acids is 1. The molecule has 15 heavy (non-hydrogen) atoms. The SMILES string of the molecule is Cc1oc2ccccc2[n+]1CCC(=O)[O-]. The van der Waals surface area contributed by atoms with Crippen molar-refractivity contribution in [2.45, 2.75) is 19.9 Å². The number of aryl methyl sites for hydroxylation is 2. The molecule has 4 heteroatoms. The molecule has 1 aromatic heterocycles. The fraction of sp³-hybridized carbons (Fsp3) is 0.273. The standard InChI is InChI=1S/C11H11NO3/c1-8-12(7-6-11(13)14)9-4-2-3-5-10(9)15-8/h2-5H,6-7H2,1H3. The van der Waals surface area contributed by atoms with Gasteiger partial charge in [0.2, 0.25) is 5.58 Å². The van der Waals surface area contributed by atoms with E-state index in [2.05, 4.69) is 0 Å². The zero-order chi connectivity index (χ0) is 10.8. The molecule has 0 aliphatic carbocycles. The third-order valence-electron chi connectivity index (χ3n) is 2.33. The van der Waals surface area contributed by atoms with Crippen LogP contribution in [0, 0.1) is 6.92 Å². The number of fused-ring (bicyclic) bond motifs is 1. The van der Waals surface area contributed by atoms with Crippen molar-refractivity contribution >= 4 is 17.1 Å². The van der Waals surface area contributed by atoms with Gasteiger partial charge < -0.3 is 14.3 Å². The van der Waals surface area contributed by atoms with E-state index in [1.165, 1.54) is 0 Å². The first kappa shape index (κ1) is 9.71. The summed E-state index contributed by atoms with van der Waals surface area (Å²) in [4.78, 5) is 10.4. The van der Waals surface area contributed by atoms with Crippen LogP contribution in [0.2, 0.25) is 0 Å². The highest BCUT2D eigenvalue weighted by atomic mass is 16.4. The summed E-state index contributed by atoms with van der Waals surface area (Å²) in [6, 6.07) is 7.54. The molecule has 1 aromatic carbocycles. The molecule has 0 atom stereocenters. The first-order valence-corrected chi connectivity index (χ1v) is 4.76. The van der Waals surface area contributed by atoms with Crippen molar-refractivity contribution in [2.75, 3.05) is 0 Å². The number of hydrogen-bond acceptors (Lipinski definition) is 3. The van der Waals surface area contributed by atoms with Gasteiger partial charge in [-0.3, -0.25) is 0 Å². The lowest BCUT2D eigenvalue weighted by molar-refractivity contribution is -0.682. The van der Waals surface area contributed by atoms with Crippen molar-refractivity contribution in [3.8, 4) is 0 Å². The van der Waals surface area contributed by atoms with Gasteiger partial charge in [0.1, 0.15) is 0 Å². The molecule has 0 radical (unpaired) electrons. The maximum Gasteiger partial charge on any atom is 0.344 e. The largest absolute Gasteiger partial charge is 0.550 e. The Labute approximate surface area is 86.8 Å². The van der Waals surface area contributed by atoms with Crippen LogP contribution in [0.3, 0.4) is 0 Å². The minimum absolute atomic E-state index is 0.00493. The molecule has 0 saturated heterocycles. The van der Waals surface area contributed by atoms with Crippen LogP contribution in [0.15, 0.2) is 28.7 Å². The maximum atomic E-state index is 10.4. The molecule has 0 fully saturated rings. The van der Waals surface area contributed by atoms with Crippen molar-refractivity contribution < 1.29 is 18.9 Å². The number of para-hydroxylation sites is 2. The van der Waals surface area contributed by atoms with Gasteiger partial charge in [0, 0.05) is 18.5 Å². The summed E-state index contributed by atoms with van der Waals surface area (Å²) in [5.74, 6) is -0.343. The summed E-state index contributed by atoms with van der Waals surface area (Å²) in [6.45, 7) is 2.19. The van der Waals surface area contributed by atoms with Crippen molar-refractivity contribution in [1.29, 1.82) is 0 Å². The van der Waals surface area contributed by atoms with E-state index < -0.39 is 5.97 Å². The molecule has 78 valence electrons. The Kier molecular flexibility index (Phi) is 2.41. The highest BCUT2D eigenvalue weighted by molar-refractivity contribution is 5.68. The quantitative estimate of drug-likeness (QED) is 0.671. The Balaban J connectivity index is 2.40. The van der Waals surface area contributed by atoms with Crippen LogP contribution < -0.4 is 9.67 Å². The average molecular weight is 205 g/mol. The van der Waals surface area contributed by atoms with Crippen molar-refractivity contribution in [2.24, 2.45) is 0 Å². The topological polar surface area (TPSA) is 57.2 Å². The van der Waals surface area contributed by atoms with E-state index in [1.54, 1.807) is 0 Å². The number of rotatable bonds is 3.